The standard InChI is InChI=1S/C13H18ClFN2O/c1-17(9-12-7-16-4-5-18-12)8-10-2-3-11(14)6-13(10)15/h2-3,6,12,16H,4-5,7-9H2,1H3. The van der Waals surface area contributed by atoms with Crippen LogP contribution in [-0.4, -0.2) is 44.3 Å². The molecule has 1 aromatic rings. The highest BCUT2D eigenvalue weighted by Crippen LogP contribution is 2.16. The Bertz CT molecular complexity index is 397. The summed E-state index contributed by atoms with van der Waals surface area (Å²) in [5, 5.41) is 3.71. The van der Waals surface area contributed by atoms with Crippen molar-refractivity contribution >= 4 is 11.6 Å². The average Bonchev–Trinajstić information content (AvgIpc) is 2.34. The fourth-order valence-electron chi connectivity index (χ4n) is 2.09. The van der Waals surface area contributed by atoms with E-state index in [4.69, 9.17) is 16.3 Å². The molecule has 1 aliphatic rings. The van der Waals surface area contributed by atoms with Gasteiger partial charge in [-0.05, 0) is 19.2 Å². The van der Waals surface area contributed by atoms with E-state index in [9.17, 15) is 4.39 Å². The molecule has 1 saturated heterocycles. The summed E-state index contributed by atoms with van der Waals surface area (Å²) in [6.45, 7) is 3.85. The van der Waals surface area contributed by atoms with E-state index in [-0.39, 0.29) is 11.9 Å². The molecule has 3 nitrogen and oxygen atoms in total. The number of benzene rings is 1. The topological polar surface area (TPSA) is 24.5 Å². The van der Waals surface area contributed by atoms with Crippen molar-refractivity contribution in [1.82, 2.24) is 10.2 Å². The predicted octanol–water partition coefficient (Wildman–Crippen LogP) is 1.90. The Morgan fingerprint density at radius 2 is 2.39 bits per heavy atom. The van der Waals surface area contributed by atoms with Crippen molar-refractivity contribution in [2.24, 2.45) is 0 Å². The summed E-state index contributed by atoms with van der Waals surface area (Å²) in [5.74, 6) is -0.253. The van der Waals surface area contributed by atoms with Gasteiger partial charge in [-0.15, -0.1) is 0 Å². The van der Waals surface area contributed by atoms with Crippen LogP contribution in [0, 0.1) is 5.82 Å². The van der Waals surface area contributed by atoms with Gasteiger partial charge < -0.3 is 10.1 Å². The number of hydrogen-bond donors (Lipinski definition) is 1. The average molecular weight is 273 g/mol. The van der Waals surface area contributed by atoms with Gasteiger partial charge in [0.2, 0.25) is 0 Å². The Labute approximate surface area is 112 Å². The molecule has 0 aliphatic carbocycles. The van der Waals surface area contributed by atoms with Gasteiger partial charge >= 0.3 is 0 Å². The van der Waals surface area contributed by atoms with E-state index >= 15 is 0 Å². The van der Waals surface area contributed by atoms with Crippen LogP contribution in [0.4, 0.5) is 4.39 Å². The molecule has 0 spiro atoms. The van der Waals surface area contributed by atoms with Crippen molar-refractivity contribution in [1.29, 1.82) is 0 Å². The zero-order valence-electron chi connectivity index (χ0n) is 10.5. The molecular formula is C13H18ClFN2O. The highest BCUT2D eigenvalue weighted by molar-refractivity contribution is 6.30. The van der Waals surface area contributed by atoms with Crippen molar-refractivity contribution in [2.75, 3.05) is 33.3 Å². The van der Waals surface area contributed by atoms with Crippen molar-refractivity contribution in [3.05, 3.63) is 34.6 Å². The van der Waals surface area contributed by atoms with Gasteiger partial charge in [0.05, 0.1) is 12.7 Å². The SMILES string of the molecule is CN(Cc1ccc(Cl)cc1F)CC1CNCCO1. The Kier molecular flexibility index (Phi) is 4.95. The maximum atomic E-state index is 13.6. The summed E-state index contributed by atoms with van der Waals surface area (Å²) in [6.07, 6.45) is 0.180. The Hall–Kier alpha value is -0.680. The summed E-state index contributed by atoms with van der Waals surface area (Å²) in [7, 11) is 1.96. The van der Waals surface area contributed by atoms with E-state index in [1.54, 1.807) is 12.1 Å². The lowest BCUT2D eigenvalue weighted by molar-refractivity contribution is 0.00870. The molecule has 18 heavy (non-hydrogen) atoms. The fourth-order valence-corrected chi connectivity index (χ4v) is 2.25. The normalized spacial score (nSPS) is 20.3. The first-order valence-electron chi connectivity index (χ1n) is 6.10. The summed E-state index contributed by atoms with van der Waals surface area (Å²) < 4.78 is 19.3. The lowest BCUT2D eigenvalue weighted by Crippen LogP contribution is -2.44. The molecule has 1 fully saturated rings. The minimum atomic E-state index is -0.253. The van der Waals surface area contributed by atoms with Gasteiger partial charge in [-0.25, -0.2) is 4.39 Å². The van der Waals surface area contributed by atoms with Crippen molar-refractivity contribution in [3.8, 4) is 0 Å². The van der Waals surface area contributed by atoms with Crippen LogP contribution in [0.1, 0.15) is 5.56 Å². The molecule has 0 radical (unpaired) electrons. The summed E-state index contributed by atoms with van der Waals surface area (Å²) in [4.78, 5) is 2.06. The second kappa shape index (κ2) is 6.48. The van der Waals surface area contributed by atoms with Crippen molar-refractivity contribution in [2.45, 2.75) is 12.6 Å². The third kappa shape index (κ3) is 3.92. The number of rotatable bonds is 4. The summed E-state index contributed by atoms with van der Waals surface area (Å²) >= 11 is 5.73. The highest BCUT2D eigenvalue weighted by atomic mass is 35.5. The first kappa shape index (κ1) is 13.7. The molecule has 1 atom stereocenters. The molecular weight excluding hydrogens is 255 g/mol. The number of likely N-dealkylation sites (N-methyl/N-ethyl adjacent to an activating group) is 1. The zero-order chi connectivity index (χ0) is 13.0. The van der Waals surface area contributed by atoms with Crippen molar-refractivity contribution in [3.63, 3.8) is 0 Å². The molecule has 0 bridgehead atoms. The van der Waals surface area contributed by atoms with Gasteiger partial charge in [0, 0.05) is 36.8 Å². The van der Waals surface area contributed by atoms with E-state index in [1.807, 2.05) is 7.05 Å². The molecule has 100 valence electrons. The molecule has 1 heterocycles. The highest BCUT2D eigenvalue weighted by Gasteiger charge is 2.16. The molecule has 1 unspecified atom stereocenters. The minimum absolute atomic E-state index is 0.180. The Morgan fingerprint density at radius 1 is 1.56 bits per heavy atom. The molecule has 1 aromatic carbocycles. The molecule has 0 amide bonds. The van der Waals surface area contributed by atoms with Crippen molar-refractivity contribution < 1.29 is 9.13 Å². The van der Waals surface area contributed by atoms with Crippen LogP contribution in [0.5, 0.6) is 0 Å². The van der Waals surface area contributed by atoms with Gasteiger partial charge in [0.15, 0.2) is 0 Å². The second-order valence-corrected chi connectivity index (χ2v) is 5.07. The largest absolute Gasteiger partial charge is 0.374 e. The van der Waals surface area contributed by atoms with Gasteiger partial charge in [-0.3, -0.25) is 4.90 Å². The number of nitrogens with one attached hydrogen (secondary N) is 1. The monoisotopic (exact) mass is 272 g/mol. The van der Waals surface area contributed by atoms with Crippen LogP contribution < -0.4 is 5.32 Å². The first-order valence-corrected chi connectivity index (χ1v) is 6.48. The van der Waals surface area contributed by atoms with Gasteiger partial charge in [0.25, 0.3) is 0 Å². The van der Waals surface area contributed by atoms with Crippen LogP contribution >= 0.6 is 11.6 Å². The predicted molar refractivity (Wildman–Crippen MR) is 70.4 cm³/mol. The molecule has 5 heteroatoms. The molecule has 0 aromatic heterocycles. The molecule has 1 aliphatic heterocycles. The Morgan fingerprint density at radius 3 is 3.06 bits per heavy atom. The van der Waals surface area contributed by atoms with Crippen LogP contribution in [0.25, 0.3) is 0 Å². The third-order valence-corrected chi connectivity index (χ3v) is 3.21. The van der Waals surface area contributed by atoms with E-state index in [0.29, 0.717) is 17.1 Å². The maximum absolute atomic E-state index is 13.6. The lowest BCUT2D eigenvalue weighted by Gasteiger charge is -2.28. The number of nitrogens with zero attached hydrogens (tertiary/aromatic N) is 1. The minimum Gasteiger partial charge on any atom is -0.374 e. The third-order valence-electron chi connectivity index (χ3n) is 2.98. The summed E-state index contributed by atoms with van der Waals surface area (Å²) in [5.41, 5.74) is 0.658. The van der Waals surface area contributed by atoms with Crippen LogP contribution in [0.2, 0.25) is 5.02 Å². The van der Waals surface area contributed by atoms with Gasteiger partial charge in [-0.2, -0.15) is 0 Å². The first-order chi connectivity index (χ1) is 8.65. The van der Waals surface area contributed by atoms with Crippen LogP contribution in [-0.2, 0) is 11.3 Å². The van der Waals surface area contributed by atoms with E-state index in [0.717, 1.165) is 26.2 Å². The zero-order valence-corrected chi connectivity index (χ0v) is 11.2. The van der Waals surface area contributed by atoms with Crippen LogP contribution in [0.3, 0.4) is 0 Å². The lowest BCUT2D eigenvalue weighted by atomic mass is 10.2. The Balaban J connectivity index is 1.87. The van der Waals surface area contributed by atoms with Gasteiger partial charge in [-0.1, -0.05) is 17.7 Å². The number of halogens is 2. The molecule has 1 N–H and O–H groups in total. The molecule has 0 saturated carbocycles. The number of ether oxygens (including phenoxy) is 1. The quantitative estimate of drug-likeness (QED) is 0.906. The number of morpholine rings is 1. The van der Waals surface area contributed by atoms with Gasteiger partial charge in [0.1, 0.15) is 5.82 Å². The summed E-state index contributed by atoms with van der Waals surface area (Å²) in [6, 6.07) is 4.80. The number of hydrogen-bond acceptors (Lipinski definition) is 3. The fraction of sp³-hybridized carbons (Fsp3) is 0.538. The second-order valence-electron chi connectivity index (χ2n) is 4.63. The van der Waals surface area contributed by atoms with E-state index < -0.39 is 0 Å². The van der Waals surface area contributed by atoms with Crippen LogP contribution in [0.15, 0.2) is 18.2 Å². The smallest absolute Gasteiger partial charge is 0.129 e. The van der Waals surface area contributed by atoms with E-state index in [1.165, 1.54) is 6.07 Å². The maximum Gasteiger partial charge on any atom is 0.129 e. The molecule has 2 rings (SSSR count). The van der Waals surface area contributed by atoms with E-state index in [2.05, 4.69) is 10.2 Å².